The highest BCUT2D eigenvalue weighted by Gasteiger charge is 2.33. The average Bonchev–Trinajstić information content (AvgIpc) is 2.43. The van der Waals surface area contributed by atoms with Gasteiger partial charge in [-0.3, -0.25) is 4.79 Å². The van der Waals surface area contributed by atoms with Crippen LogP contribution in [-0.2, 0) is 4.79 Å². The van der Waals surface area contributed by atoms with E-state index < -0.39 is 5.97 Å². The highest BCUT2D eigenvalue weighted by atomic mass is 16.4. The van der Waals surface area contributed by atoms with Gasteiger partial charge in [-0.1, -0.05) is 6.08 Å². The topological polar surface area (TPSA) is 60.9 Å². The van der Waals surface area contributed by atoms with Crippen molar-refractivity contribution in [2.45, 2.75) is 18.9 Å². The quantitative estimate of drug-likeness (QED) is 0.685. The van der Waals surface area contributed by atoms with Gasteiger partial charge in [-0.05, 0) is 6.42 Å². The fraction of sp³-hybridized carbons (Fsp3) is 0.600. The van der Waals surface area contributed by atoms with E-state index in [0.717, 1.165) is 0 Å². The van der Waals surface area contributed by atoms with Crippen molar-refractivity contribution in [3.05, 3.63) is 12.7 Å². The first kappa shape index (κ1) is 11.6. The highest BCUT2D eigenvalue weighted by molar-refractivity contribution is 5.77. The van der Waals surface area contributed by atoms with Gasteiger partial charge in [-0.2, -0.15) is 0 Å². The first-order chi connectivity index (χ1) is 7.06. The minimum Gasteiger partial charge on any atom is -0.481 e. The van der Waals surface area contributed by atoms with Crippen LogP contribution in [0.4, 0.5) is 4.79 Å². The van der Waals surface area contributed by atoms with Crippen LogP contribution < -0.4 is 0 Å². The zero-order chi connectivity index (χ0) is 11.4. The van der Waals surface area contributed by atoms with E-state index in [4.69, 9.17) is 5.11 Å². The predicted molar refractivity (Wildman–Crippen MR) is 55.6 cm³/mol. The average molecular weight is 212 g/mol. The fourth-order valence-electron chi connectivity index (χ4n) is 1.77. The van der Waals surface area contributed by atoms with Gasteiger partial charge < -0.3 is 14.9 Å². The maximum atomic E-state index is 11.6. The van der Waals surface area contributed by atoms with Crippen LogP contribution in [0, 0.1) is 0 Å². The molecule has 15 heavy (non-hydrogen) atoms. The number of amides is 2. The molecule has 1 saturated heterocycles. The van der Waals surface area contributed by atoms with Gasteiger partial charge >= 0.3 is 12.0 Å². The molecule has 0 spiro atoms. The van der Waals surface area contributed by atoms with Gasteiger partial charge in [-0.15, -0.1) is 6.58 Å². The van der Waals surface area contributed by atoms with Gasteiger partial charge in [0.25, 0.3) is 0 Å². The monoisotopic (exact) mass is 212 g/mol. The molecular formula is C10H16N2O3. The summed E-state index contributed by atoms with van der Waals surface area (Å²) < 4.78 is 0. The molecule has 2 amide bonds. The highest BCUT2D eigenvalue weighted by Crippen LogP contribution is 2.18. The lowest BCUT2D eigenvalue weighted by atomic mass is 10.1. The molecule has 0 aromatic heterocycles. The van der Waals surface area contributed by atoms with Gasteiger partial charge in [0.05, 0.1) is 6.04 Å². The number of carbonyl (C=O) groups is 2. The van der Waals surface area contributed by atoms with E-state index in [1.54, 1.807) is 22.9 Å². The van der Waals surface area contributed by atoms with Gasteiger partial charge in [0.2, 0.25) is 0 Å². The molecule has 1 atom stereocenters. The van der Waals surface area contributed by atoms with E-state index in [1.807, 2.05) is 0 Å². The SMILES string of the molecule is C=CCN1C(=O)N(C)CC1CCC(=O)O. The molecule has 0 radical (unpaired) electrons. The predicted octanol–water partition coefficient (Wildman–Crippen LogP) is 0.773. The third-order valence-electron chi connectivity index (χ3n) is 2.51. The summed E-state index contributed by atoms with van der Waals surface area (Å²) in [5.74, 6) is -0.824. The van der Waals surface area contributed by atoms with Crippen molar-refractivity contribution in [1.82, 2.24) is 9.80 Å². The van der Waals surface area contributed by atoms with Crippen molar-refractivity contribution < 1.29 is 14.7 Å². The summed E-state index contributed by atoms with van der Waals surface area (Å²) in [6, 6.07) is -0.0538. The van der Waals surface area contributed by atoms with Gasteiger partial charge in [-0.25, -0.2) is 4.79 Å². The minimum absolute atomic E-state index is 0.00315. The van der Waals surface area contributed by atoms with Crippen LogP contribution in [0.15, 0.2) is 12.7 Å². The molecule has 0 bridgehead atoms. The van der Waals surface area contributed by atoms with Crippen LogP contribution in [0.2, 0.25) is 0 Å². The molecule has 1 N–H and O–H groups in total. The maximum absolute atomic E-state index is 11.6. The Kier molecular flexibility index (Phi) is 3.71. The molecule has 0 aromatic rings. The van der Waals surface area contributed by atoms with E-state index in [-0.39, 0.29) is 18.5 Å². The molecule has 0 aliphatic carbocycles. The molecule has 0 saturated carbocycles. The smallest absolute Gasteiger partial charge is 0.320 e. The van der Waals surface area contributed by atoms with Crippen molar-refractivity contribution in [3.63, 3.8) is 0 Å². The zero-order valence-electron chi connectivity index (χ0n) is 8.85. The molecule has 84 valence electrons. The molecule has 5 nitrogen and oxygen atoms in total. The summed E-state index contributed by atoms with van der Waals surface area (Å²) in [7, 11) is 1.72. The number of carboxylic acids is 1. The van der Waals surface area contributed by atoms with E-state index in [0.29, 0.717) is 19.5 Å². The lowest BCUT2D eigenvalue weighted by Crippen LogP contribution is -2.34. The van der Waals surface area contributed by atoms with Crippen molar-refractivity contribution in [2.75, 3.05) is 20.1 Å². The molecule has 1 unspecified atom stereocenters. The number of carboxylic acid groups (broad SMARTS) is 1. The van der Waals surface area contributed by atoms with Crippen molar-refractivity contribution in [3.8, 4) is 0 Å². The van der Waals surface area contributed by atoms with Crippen LogP contribution in [0.25, 0.3) is 0 Å². The Labute approximate surface area is 89.0 Å². The Morgan fingerprint density at radius 2 is 2.40 bits per heavy atom. The number of likely N-dealkylation sites (N-methyl/N-ethyl adjacent to an activating group) is 1. The molecule has 0 aromatic carbocycles. The van der Waals surface area contributed by atoms with Crippen molar-refractivity contribution >= 4 is 12.0 Å². The Bertz CT molecular complexity index is 278. The number of urea groups is 1. The Balaban J connectivity index is 2.58. The minimum atomic E-state index is -0.824. The van der Waals surface area contributed by atoms with Crippen LogP contribution in [0.3, 0.4) is 0 Å². The summed E-state index contributed by atoms with van der Waals surface area (Å²) in [4.78, 5) is 25.3. The molecule has 1 aliphatic rings. The fourth-order valence-corrected chi connectivity index (χ4v) is 1.77. The summed E-state index contributed by atoms with van der Waals surface area (Å²) in [5.41, 5.74) is 0. The number of rotatable bonds is 5. The van der Waals surface area contributed by atoms with Crippen LogP contribution in [-0.4, -0.2) is 53.1 Å². The molecule has 1 fully saturated rings. The number of carbonyl (C=O) groups excluding carboxylic acids is 1. The van der Waals surface area contributed by atoms with E-state index in [9.17, 15) is 9.59 Å². The zero-order valence-corrected chi connectivity index (χ0v) is 8.85. The molecule has 5 heteroatoms. The number of hydrogen-bond donors (Lipinski definition) is 1. The summed E-state index contributed by atoms with van der Waals surface area (Å²) in [5, 5.41) is 8.58. The lowest BCUT2D eigenvalue weighted by Gasteiger charge is -2.20. The second-order valence-electron chi connectivity index (χ2n) is 3.69. The molecule has 1 aliphatic heterocycles. The lowest BCUT2D eigenvalue weighted by molar-refractivity contribution is -0.137. The Morgan fingerprint density at radius 3 is 2.93 bits per heavy atom. The standard InChI is InChI=1S/C10H16N2O3/c1-3-6-12-8(4-5-9(13)14)7-11(2)10(12)15/h3,8H,1,4-7H2,2H3,(H,13,14). The maximum Gasteiger partial charge on any atom is 0.320 e. The van der Waals surface area contributed by atoms with Gasteiger partial charge in [0, 0.05) is 26.6 Å². The Hall–Kier alpha value is -1.52. The van der Waals surface area contributed by atoms with Gasteiger partial charge in [0.1, 0.15) is 0 Å². The van der Waals surface area contributed by atoms with Crippen LogP contribution in [0.5, 0.6) is 0 Å². The number of aliphatic carboxylic acids is 1. The molecular weight excluding hydrogens is 196 g/mol. The normalized spacial score (nSPS) is 20.9. The number of nitrogens with zero attached hydrogens (tertiary/aromatic N) is 2. The Morgan fingerprint density at radius 1 is 1.73 bits per heavy atom. The van der Waals surface area contributed by atoms with E-state index >= 15 is 0 Å². The summed E-state index contributed by atoms with van der Waals surface area (Å²) >= 11 is 0. The second-order valence-corrected chi connectivity index (χ2v) is 3.69. The first-order valence-electron chi connectivity index (χ1n) is 4.90. The second kappa shape index (κ2) is 4.82. The third-order valence-corrected chi connectivity index (χ3v) is 2.51. The first-order valence-corrected chi connectivity index (χ1v) is 4.90. The largest absolute Gasteiger partial charge is 0.481 e. The van der Waals surface area contributed by atoms with Crippen molar-refractivity contribution in [1.29, 1.82) is 0 Å². The van der Waals surface area contributed by atoms with Gasteiger partial charge in [0.15, 0.2) is 0 Å². The summed E-state index contributed by atoms with van der Waals surface area (Å²) in [6.45, 7) is 4.66. The molecule has 1 heterocycles. The molecule has 1 rings (SSSR count). The van der Waals surface area contributed by atoms with Crippen LogP contribution in [0.1, 0.15) is 12.8 Å². The third kappa shape index (κ3) is 2.71. The number of hydrogen-bond acceptors (Lipinski definition) is 2. The van der Waals surface area contributed by atoms with E-state index in [1.165, 1.54) is 0 Å². The van der Waals surface area contributed by atoms with Crippen molar-refractivity contribution in [2.24, 2.45) is 0 Å². The van der Waals surface area contributed by atoms with Crippen LogP contribution >= 0.6 is 0 Å². The summed E-state index contributed by atoms with van der Waals surface area (Å²) in [6.07, 6.45) is 2.25. The van der Waals surface area contributed by atoms with E-state index in [2.05, 4.69) is 6.58 Å².